The van der Waals surface area contributed by atoms with Crippen molar-refractivity contribution >= 4 is 5.96 Å². The minimum atomic E-state index is -0.635. The van der Waals surface area contributed by atoms with Crippen LogP contribution in [0.3, 0.4) is 0 Å². The SMILES string of the molecule is CCNC(=NCC(C)N1CCN(C)CC1)NCC(O)c1cccc(OC(C)C)c1. The number of benzene rings is 1. The molecule has 1 aromatic carbocycles. The fourth-order valence-electron chi connectivity index (χ4n) is 3.32. The van der Waals surface area contributed by atoms with Gasteiger partial charge in [-0.05, 0) is 52.4 Å². The summed E-state index contributed by atoms with van der Waals surface area (Å²) in [5, 5.41) is 17.1. The van der Waals surface area contributed by atoms with Gasteiger partial charge >= 0.3 is 0 Å². The van der Waals surface area contributed by atoms with Crippen LogP contribution in [-0.2, 0) is 0 Å². The van der Waals surface area contributed by atoms with Gasteiger partial charge in [-0.2, -0.15) is 0 Å². The molecule has 3 N–H and O–H groups in total. The summed E-state index contributed by atoms with van der Waals surface area (Å²) in [6.07, 6.45) is -0.528. The molecule has 0 aromatic heterocycles. The van der Waals surface area contributed by atoms with Gasteiger partial charge in [0.15, 0.2) is 5.96 Å². The molecule has 0 saturated carbocycles. The molecular formula is C22H39N5O2. The standard InChI is InChI=1S/C22H39N5O2/c1-6-23-22(24-15-18(4)27-12-10-26(5)11-13-27)25-16-21(28)19-8-7-9-20(14-19)29-17(2)3/h7-9,14,17-18,21,28H,6,10-13,15-16H2,1-5H3,(H2,23,24,25). The van der Waals surface area contributed by atoms with Crippen LogP contribution in [-0.4, -0.2) is 85.9 Å². The lowest BCUT2D eigenvalue weighted by Gasteiger charge is -2.35. The number of aliphatic imine (C=N–C) groups is 1. The van der Waals surface area contributed by atoms with Crippen LogP contribution >= 0.6 is 0 Å². The molecule has 0 radical (unpaired) electrons. The number of guanidine groups is 1. The molecule has 0 bridgehead atoms. The van der Waals surface area contributed by atoms with E-state index in [-0.39, 0.29) is 6.10 Å². The Bertz CT molecular complexity index is 629. The summed E-state index contributed by atoms with van der Waals surface area (Å²) in [4.78, 5) is 9.58. The maximum atomic E-state index is 10.6. The van der Waals surface area contributed by atoms with Crippen molar-refractivity contribution in [3.8, 4) is 5.75 Å². The molecule has 29 heavy (non-hydrogen) atoms. The van der Waals surface area contributed by atoms with Crippen LogP contribution < -0.4 is 15.4 Å². The number of hydrogen-bond acceptors (Lipinski definition) is 5. The molecule has 1 saturated heterocycles. The Labute approximate surface area is 176 Å². The highest BCUT2D eigenvalue weighted by atomic mass is 16.5. The second-order valence-electron chi connectivity index (χ2n) is 8.04. The molecule has 1 fully saturated rings. The van der Waals surface area contributed by atoms with Crippen LogP contribution in [0.5, 0.6) is 5.75 Å². The maximum absolute atomic E-state index is 10.6. The van der Waals surface area contributed by atoms with Crippen LogP contribution in [0.15, 0.2) is 29.3 Å². The van der Waals surface area contributed by atoms with Gasteiger partial charge in [0, 0.05) is 45.3 Å². The normalized spacial score (nSPS) is 18.5. The van der Waals surface area contributed by atoms with E-state index in [0.717, 1.165) is 56.5 Å². The van der Waals surface area contributed by atoms with E-state index in [0.29, 0.717) is 12.6 Å². The van der Waals surface area contributed by atoms with Crippen LogP contribution in [0.1, 0.15) is 39.4 Å². The van der Waals surface area contributed by atoms with Crippen molar-refractivity contribution in [2.24, 2.45) is 4.99 Å². The highest BCUT2D eigenvalue weighted by Gasteiger charge is 2.19. The van der Waals surface area contributed by atoms with Gasteiger partial charge in [0.2, 0.25) is 0 Å². The molecule has 1 heterocycles. The second-order valence-corrected chi connectivity index (χ2v) is 8.04. The number of rotatable bonds is 9. The molecule has 7 heteroatoms. The third kappa shape index (κ3) is 8.20. The van der Waals surface area contributed by atoms with Crippen molar-refractivity contribution in [2.45, 2.75) is 45.9 Å². The Morgan fingerprint density at radius 3 is 2.55 bits per heavy atom. The largest absolute Gasteiger partial charge is 0.491 e. The van der Waals surface area contributed by atoms with E-state index in [1.807, 2.05) is 45.0 Å². The second kappa shape index (κ2) is 12.0. The van der Waals surface area contributed by atoms with Gasteiger partial charge in [-0.15, -0.1) is 0 Å². The monoisotopic (exact) mass is 405 g/mol. The van der Waals surface area contributed by atoms with E-state index in [9.17, 15) is 5.11 Å². The van der Waals surface area contributed by atoms with Gasteiger partial charge < -0.3 is 25.4 Å². The predicted octanol–water partition coefficient (Wildman–Crippen LogP) is 1.70. The first-order valence-electron chi connectivity index (χ1n) is 10.8. The molecule has 0 aliphatic carbocycles. The Hall–Kier alpha value is -1.83. The van der Waals surface area contributed by atoms with Crippen molar-refractivity contribution in [1.29, 1.82) is 0 Å². The summed E-state index contributed by atoms with van der Waals surface area (Å²) in [6, 6.07) is 8.03. The van der Waals surface area contributed by atoms with Crippen molar-refractivity contribution in [2.75, 3.05) is 52.9 Å². The first-order valence-corrected chi connectivity index (χ1v) is 10.8. The zero-order valence-corrected chi connectivity index (χ0v) is 18.7. The molecule has 164 valence electrons. The van der Waals surface area contributed by atoms with Gasteiger partial charge in [0.25, 0.3) is 0 Å². The third-order valence-corrected chi connectivity index (χ3v) is 5.10. The topological polar surface area (TPSA) is 72.4 Å². The average Bonchev–Trinajstić information content (AvgIpc) is 2.69. The Balaban J connectivity index is 1.88. The quantitative estimate of drug-likeness (QED) is 0.429. The van der Waals surface area contributed by atoms with Gasteiger partial charge in [-0.3, -0.25) is 9.89 Å². The van der Waals surface area contributed by atoms with Crippen LogP contribution in [0.2, 0.25) is 0 Å². The lowest BCUT2D eigenvalue weighted by molar-refractivity contribution is 0.122. The van der Waals surface area contributed by atoms with Crippen molar-refractivity contribution < 1.29 is 9.84 Å². The highest BCUT2D eigenvalue weighted by molar-refractivity contribution is 5.79. The minimum Gasteiger partial charge on any atom is -0.491 e. The highest BCUT2D eigenvalue weighted by Crippen LogP contribution is 2.20. The molecule has 2 unspecified atom stereocenters. The molecular weight excluding hydrogens is 366 g/mol. The summed E-state index contributed by atoms with van der Waals surface area (Å²) in [6.45, 7) is 14.6. The van der Waals surface area contributed by atoms with Crippen molar-refractivity contribution in [3.63, 3.8) is 0 Å². The molecule has 2 atom stereocenters. The van der Waals surface area contributed by atoms with Gasteiger partial charge in [0.1, 0.15) is 5.75 Å². The molecule has 1 aliphatic heterocycles. The van der Waals surface area contributed by atoms with Crippen LogP contribution in [0.4, 0.5) is 0 Å². The van der Waals surface area contributed by atoms with Gasteiger partial charge in [-0.1, -0.05) is 12.1 Å². The molecule has 0 amide bonds. The van der Waals surface area contributed by atoms with Crippen molar-refractivity contribution in [3.05, 3.63) is 29.8 Å². The summed E-state index contributed by atoms with van der Waals surface area (Å²) in [5.74, 6) is 1.51. The zero-order valence-electron chi connectivity index (χ0n) is 18.7. The summed E-state index contributed by atoms with van der Waals surface area (Å²) < 4.78 is 5.72. The fourth-order valence-corrected chi connectivity index (χ4v) is 3.32. The number of aliphatic hydroxyl groups excluding tert-OH is 1. The number of piperazine rings is 1. The van der Waals surface area contributed by atoms with Crippen molar-refractivity contribution in [1.82, 2.24) is 20.4 Å². The van der Waals surface area contributed by atoms with E-state index in [1.54, 1.807) is 0 Å². The van der Waals surface area contributed by atoms with E-state index in [1.165, 1.54) is 0 Å². The number of hydrogen-bond donors (Lipinski definition) is 3. The summed E-state index contributed by atoms with van der Waals surface area (Å²) in [5.41, 5.74) is 0.831. The number of nitrogens with zero attached hydrogens (tertiary/aromatic N) is 3. The van der Waals surface area contributed by atoms with Gasteiger partial charge in [0.05, 0.1) is 18.8 Å². The number of nitrogens with one attached hydrogen (secondary N) is 2. The number of likely N-dealkylation sites (N-methyl/N-ethyl adjacent to an activating group) is 1. The lowest BCUT2D eigenvalue weighted by atomic mass is 10.1. The molecule has 7 nitrogen and oxygen atoms in total. The lowest BCUT2D eigenvalue weighted by Crippen LogP contribution is -2.49. The smallest absolute Gasteiger partial charge is 0.191 e. The Morgan fingerprint density at radius 1 is 1.17 bits per heavy atom. The zero-order chi connectivity index (χ0) is 21.2. The average molecular weight is 406 g/mol. The summed E-state index contributed by atoms with van der Waals surface area (Å²) in [7, 11) is 2.17. The van der Waals surface area contributed by atoms with Crippen LogP contribution in [0, 0.1) is 0 Å². The third-order valence-electron chi connectivity index (χ3n) is 5.10. The predicted molar refractivity (Wildman–Crippen MR) is 120 cm³/mol. The fraction of sp³-hybridized carbons (Fsp3) is 0.682. The molecule has 1 aliphatic rings. The first-order chi connectivity index (χ1) is 13.9. The molecule has 2 rings (SSSR count). The summed E-state index contributed by atoms with van der Waals surface area (Å²) >= 11 is 0. The molecule has 0 spiro atoms. The Kier molecular flexibility index (Phi) is 9.70. The number of ether oxygens (including phenoxy) is 1. The van der Waals surface area contributed by atoms with Gasteiger partial charge in [-0.25, -0.2) is 0 Å². The first kappa shape index (κ1) is 23.4. The van der Waals surface area contributed by atoms with E-state index in [4.69, 9.17) is 9.73 Å². The van der Waals surface area contributed by atoms with E-state index in [2.05, 4.69) is 34.4 Å². The van der Waals surface area contributed by atoms with Crippen LogP contribution in [0.25, 0.3) is 0 Å². The minimum absolute atomic E-state index is 0.107. The maximum Gasteiger partial charge on any atom is 0.191 e. The van der Waals surface area contributed by atoms with E-state index >= 15 is 0 Å². The molecule has 1 aromatic rings. The number of aliphatic hydroxyl groups is 1. The van der Waals surface area contributed by atoms with E-state index < -0.39 is 6.10 Å². The Morgan fingerprint density at radius 2 is 1.90 bits per heavy atom.